The monoisotopic (exact) mass is 238 g/mol. The summed E-state index contributed by atoms with van der Waals surface area (Å²) in [5.74, 6) is -0.505. The average Bonchev–Trinajstić information content (AvgIpc) is 2.68. The second-order valence-electron chi connectivity index (χ2n) is 3.15. The van der Waals surface area contributed by atoms with Gasteiger partial charge in [-0.15, -0.1) is 0 Å². The Morgan fingerprint density at radius 1 is 1.44 bits per heavy atom. The van der Waals surface area contributed by atoms with Crippen molar-refractivity contribution >= 4 is 28.5 Å². The van der Waals surface area contributed by atoms with Crippen molar-refractivity contribution in [2.45, 2.75) is 0 Å². The summed E-state index contributed by atoms with van der Waals surface area (Å²) in [5, 5.41) is 1.48. The van der Waals surface area contributed by atoms with Crippen LogP contribution in [0.3, 0.4) is 0 Å². The fourth-order valence-electron chi connectivity index (χ4n) is 1.37. The number of hydrogen-bond donors (Lipinski definition) is 1. The number of carbonyl (C=O) groups is 1. The number of hydrogen-bond acceptors (Lipinski definition) is 3. The van der Waals surface area contributed by atoms with Crippen LogP contribution in [0.5, 0.6) is 0 Å². The molecule has 4 nitrogen and oxygen atoms in total. The molecule has 83 valence electrons. The summed E-state index contributed by atoms with van der Waals surface area (Å²) in [6.45, 7) is 0.973. The minimum atomic E-state index is -0.505. The number of nitrogens with one attached hydrogen (secondary N) is 1. The van der Waals surface area contributed by atoms with E-state index in [0.29, 0.717) is 10.7 Å². The van der Waals surface area contributed by atoms with Crippen LogP contribution in [0.2, 0.25) is 5.02 Å². The van der Waals surface area contributed by atoms with Gasteiger partial charge in [-0.3, -0.25) is 0 Å². The summed E-state index contributed by atoms with van der Waals surface area (Å²) < 4.78 is 9.21. The zero-order valence-corrected chi connectivity index (χ0v) is 9.25. The van der Waals surface area contributed by atoms with Crippen molar-refractivity contribution < 1.29 is 14.3 Å². The van der Waals surface area contributed by atoms with Gasteiger partial charge in [0.05, 0.1) is 0 Å². The molecule has 1 heterocycles. The number of ether oxygens (including phenoxy) is 2. The van der Waals surface area contributed by atoms with E-state index < -0.39 is 5.97 Å². The highest BCUT2D eigenvalue weighted by Gasteiger charge is 2.10. The maximum absolute atomic E-state index is 11.5. The minimum absolute atomic E-state index is 0.352. The smallest absolute Gasteiger partial charge is 0.357 e. The molecular formula is C11H9ClNO3. The molecule has 1 aromatic carbocycles. The number of carbonyl (C=O) groups excluding carboxylic acids is 1. The van der Waals surface area contributed by atoms with Crippen molar-refractivity contribution in [2.75, 3.05) is 7.11 Å². The first-order chi connectivity index (χ1) is 7.70. The fraction of sp³-hybridized carbons (Fsp3) is 0.0909. The molecule has 0 aliphatic heterocycles. The maximum atomic E-state index is 11.5. The predicted molar refractivity (Wildman–Crippen MR) is 60.0 cm³/mol. The summed E-state index contributed by atoms with van der Waals surface area (Å²) >= 11 is 5.83. The summed E-state index contributed by atoms with van der Waals surface area (Å²) in [6, 6.07) is 6.99. The third-order valence-corrected chi connectivity index (χ3v) is 2.29. The van der Waals surface area contributed by atoms with Crippen LogP contribution in [-0.4, -0.2) is 18.1 Å². The van der Waals surface area contributed by atoms with E-state index in [0.717, 1.165) is 17.7 Å². The van der Waals surface area contributed by atoms with Gasteiger partial charge < -0.3 is 14.5 Å². The van der Waals surface area contributed by atoms with Crippen molar-refractivity contribution in [2.24, 2.45) is 0 Å². The zero-order chi connectivity index (χ0) is 11.5. The zero-order valence-electron chi connectivity index (χ0n) is 8.49. The largest absolute Gasteiger partial charge is 0.424 e. The molecule has 0 aliphatic rings. The Bertz CT molecular complexity index is 521. The minimum Gasteiger partial charge on any atom is -0.424 e. The summed E-state index contributed by atoms with van der Waals surface area (Å²) in [7, 11) is 1.40. The molecule has 1 N–H and O–H groups in total. The highest BCUT2D eigenvalue weighted by molar-refractivity contribution is 6.31. The van der Waals surface area contributed by atoms with E-state index in [1.165, 1.54) is 7.11 Å². The van der Waals surface area contributed by atoms with E-state index in [1.54, 1.807) is 24.3 Å². The van der Waals surface area contributed by atoms with E-state index in [4.69, 9.17) is 11.6 Å². The first kappa shape index (κ1) is 11.0. The molecular weight excluding hydrogens is 230 g/mol. The summed E-state index contributed by atoms with van der Waals surface area (Å²) in [4.78, 5) is 14.4. The lowest BCUT2D eigenvalue weighted by Crippen LogP contribution is -2.03. The van der Waals surface area contributed by atoms with Gasteiger partial charge in [0.1, 0.15) is 5.69 Å². The molecule has 2 rings (SSSR count). The third kappa shape index (κ3) is 2.18. The molecule has 0 amide bonds. The summed E-state index contributed by atoms with van der Waals surface area (Å²) in [6.07, 6.45) is 0. The van der Waals surface area contributed by atoms with Crippen molar-refractivity contribution in [3.8, 4) is 0 Å². The Hall–Kier alpha value is -1.52. The highest BCUT2D eigenvalue weighted by atomic mass is 35.5. The molecule has 0 aliphatic carbocycles. The van der Waals surface area contributed by atoms with Gasteiger partial charge in [-0.05, 0) is 24.3 Å². The standard InChI is InChI=1S/C11H9ClNO3/c1-15-6-16-11(14)10-5-7-4-8(12)2-3-9(7)13-10/h2-6,13H,1H3. The van der Waals surface area contributed by atoms with Gasteiger partial charge in [-0.25, -0.2) is 4.79 Å². The first-order valence-corrected chi connectivity index (χ1v) is 4.92. The normalized spacial score (nSPS) is 10.6. The molecule has 2 aromatic rings. The Morgan fingerprint density at radius 3 is 3.00 bits per heavy atom. The lowest BCUT2D eigenvalue weighted by Gasteiger charge is -1.98. The number of rotatable bonds is 3. The van der Waals surface area contributed by atoms with Crippen LogP contribution >= 0.6 is 11.6 Å². The number of aromatic amines is 1. The van der Waals surface area contributed by atoms with Crippen LogP contribution in [0.15, 0.2) is 24.3 Å². The lowest BCUT2D eigenvalue weighted by molar-refractivity contribution is 0.0297. The number of aromatic nitrogens is 1. The topological polar surface area (TPSA) is 51.3 Å². The third-order valence-electron chi connectivity index (χ3n) is 2.05. The molecule has 0 spiro atoms. The van der Waals surface area contributed by atoms with Gasteiger partial charge >= 0.3 is 5.97 Å². The number of methoxy groups -OCH3 is 1. The van der Waals surface area contributed by atoms with E-state index in [9.17, 15) is 4.79 Å². The van der Waals surface area contributed by atoms with Crippen LogP contribution < -0.4 is 0 Å². The van der Waals surface area contributed by atoms with Crippen molar-refractivity contribution in [1.29, 1.82) is 0 Å². The Labute approximate surface area is 97.1 Å². The lowest BCUT2D eigenvalue weighted by atomic mass is 10.2. The van der Waals surface area contributed by atoms with Crippen molar-refractivity contribution in [3.05, 3.63) is 41.8 Å². The first-order valence-electron chi connectivity index (χ1n) is 4.54. The number of benzene rings is 1. The van der Waals surface area contributed by atoms with E-state index >= 15 is 0 Å². The fourth-order valence-corrected chi connectivity index (χ4v) is 1.55. The predicted octanol–water partition coefficient (Wildman–Crippen LogP) is 2.74. The Morgan fingerprint density at radius 2 is 2.25 bits per heavy atom. The van der Waals surface area contributed by atoms with Gasteiger partial charge in [0.2, 0.25) is 0 Å². The molecule has 0 atom stereocenters. The number of H-pyrrole nitrogens is 1. The number of esters is 1. The molecule has 0 unspecified atom stereocenters. The second kappa shape index (κ2) is 4.55. The maximum Gasteiger partial charge on any atom is 0.357 e. The Balaban J connectivity index is 2.28. The molecule has 1 radical (unpaired) electrons. The van der Waals surface area contributed by atoms with E-state index in [2.05, 4.69) is 14.5 Å². The van der Waals surface area contributed by atoms with Crippen LogP contribution in [0.1, 0.15) is 10.5 Å². The molecule has 5 heteroatoms. The van der Waals surface area contributed by atoms with Gasteiger partial charge in [0, 0.05) is 23.0 Å². The molecule has 1 aromatic heterocycles. The Kier molecular flexibility index (Phi) is 3.12. The van der Waals surface area contributed by atoms with Crippen molar-refractivity contribution in [3.63, 3.8) is 0 Å². The van der Waals surface area contributed by atoms with Gasteiger partial charge in [-0.1, -0.05) is 11.6 Å². The van der Waals surface area contributed by atoms with Crippen molar-refractivity contribution in [1.82, 2.24) is 4.98 Å². The summed E-state index contributed by atoms with van der Waals surface area (Å²) in [5.41, 5.74) is 1.18. The van der Waals surface area contributed by atoms with Gasteiger partial charge in [-0.2, -0.15) is 0 Å². The van der Waals surface area contributed by atoms with Crippen LogP contribution in [0.25, 0.3) is 10.9 Å². The quantitative estimate of drug-likeness (QED) is 0.837. The second-order valence-corrected chi connectivity index (χ2v) is 3.59. The number of fused-ring (bicyclic) bond motifs is 1. The SMILES string of the molecule is CO[CH]OC(=O)c1cc2cc(Cl)ccc2[nH]1. The van der Waals surface area contributed by atoms with Crippen LogP contribution in [0.4, 0.5) is 0 Å². The van der Waals surface area contributed by atoms with Crippen LogP contribution in [-0.2, 0) is 9.47 Å². The number of halogens is 1. The molecule has 0 saturated heterocycles. The molecule has 16 heavy (non-hydrogen) atoms. The van der Waals surface area contributed by atoms with E-state index in [-0.39, 0.29) is 0 Å². The van der Waals surface area contributed by atoms with Gasteiger partial charge in [0.25, 0.3) is 6.79 Å². The molecule has 0 saturated carbocycles. The van der Waals surface area contributed by atoms with E-state index in [1.807, 2.05) is 0 Å². The van der Waals surface area contributed by atoms with Gasteiger partial charge in [0.15, 0.2) is 0 Å². The molecule has 0 fully saturated rings. The highest BCUT2D eigenvalue weighted by Crippen LogP contribution is 2.20. The average molecular weight is 239 g/mol. The molecule has 0 bridgehead atoms. The van der Waals surface area contributed by atoms with Crippen LogP contribution in [0, 0.1) is 6.79 Å².